The molecule has 0 aliphatic carbocycles. The summed E-state index contributed by atoms with van der Waals surface area (Å²) in [6.45, 7) is 0. The van der Waals surface area contributed by atoms with Crippen molar-refractivity contribution in [2.24, 2.45) is 0 Å². The van der Waals surface area contributed by atoms with Gasteiger partial charge in [0.05, 0.1) is 11.6 Å². The Bertz CT molecular complexity index is 1410. The number of carbonyl (C=O) groups is 2. The molecule has 1 N–H and O–H groups in total. The predicted octanol–water partition coefficient (Wildman–Crippen LogP) is 6.03. The molecule has 4 aromatic rings. The molecule has 2 aromatic carbocycles. The average molecular weight is 510 g/mol. The molecule has 0 saturated heterocycles. The van der Waals surface area contributed by atoms with Crippen molar-refractivity contribution in [3.63, 3.8) is 0 Å². The number of amides is 1. The standard InChI is InChI=1S/C24H14BrClN2O4/c25-15-6-7-18-14(9-15)10-19(32-18)22(29)20-21(13-3-2-8-27-12-13)28(24(31)23(20)30)17-5-1-4-16(26)11-17/h1-12,21,30H. The van der Waals surface area contributed by atoms with Gasteiger partial charge in [-0.1, -0.05) is 39.7 Å². The zero-order valence-electron chi connectivity index (χ0n) is 16.3. The molecule has 6 nitrogen and oxygen atoms in total. The highest BCUT2D eigenvalue weighted by atomic mass is 79.9. The van der Waals surface area contributed by atoms with Gasteiger partial charge >= 0.3 is 0 Å². The molecule has 1 amide bonds. The molecule has 158 valence electrons. The van der Waals surface area contributed by atoms with Crippen LogP contribution in [0.5, 0.6) is 0 Å². The maximum Gasteiger partial charge on any atom is 0.294 e. The van der Waals surface area contributed by atoms with E-state index in [9.17, 15) is 14.7 Å². The number of pyridine rings is 1. The number of ketones is 1. The van der Waals surface area contributed by atoms with E-state index >= 15 is 0 Å². The third-order valence-corrected chi connectivity index (χ3v) is 5.97. The topological polar surface area (TPSA) is 83.6 Å². The number of furan rings is 1. The molecule has 2 aromatic heterocycles. The van der Waals surface area contributed by atoms with E-state index in [4.69, 9.17) is 16.0 Å². The van der Waals surface area contributed by atoms with Crippen LogP contribution in [0.4, 0.5) is 5.69 Å². The van der Waals surface area contributed by atoms with Gasteiger partial charge in [0.2, 0.25) is 5.78 Å². The number of hydrogen-bond donors (Lipinski definition) is 1. The number of hydrogen-bond acceptors (Lipinski definition) is 5. The van der Waals surface area contributed by atoms with Gasteiger partial charge in [-0.3, -0.25) is 19.5 Å². The van der Waals surface area contributed by atoms with E-state index in [1.165, 1.54) is 4.90 Å². The number of nitrogens with zero attached hydrogens (tertiary/aromatic N) is 2. The molecule has 1 aliphatic heterocycles. The minimum atomic E-state index is -0.901. The van der Waals surface area contributed by atoms with Crippen molar-refractivity contribution < 1.29 is 19.1 Å². The highest BCUT2D eigenvalue weighted by Gasteiger charge is 2.45. The van der Waals surface area contributed by atoms with Gasteiger partial charge in [0.25, 0.3) is 5.91 Å². The number of rotatable bonds is 4. The van der Waals surface area contributed by atoms with Crippen LogP contribution in [0.1, 0.15) is 22.2 Å². The Labute approximate surface area is 195 Å². The number of aliphatic hydroxyl groups is 1. The Hall–Kier alpha value is -3.42. The highest BCUT2D eigenvalue weighted by molar-refractivity contribution is 9.10. The Kier molecular flexibility index (Phi) is 5.07. The van der Waals surface area contributed by atoms with E-state index in [1.807, 2.05) is 6.07 Å². The molecule has 32 heavy (non-hydrogen) atoms. The van der Waals surface area contributed by atoms with Crippen LogP contribution in [-0.4, -0.2) is 21.8 Å². The van der Waals surface area contributed by atoms with Crippen molar-refractivity contribution >= 4 is 55.9 Å². The lowest BCUT2D eigenvalue weighted by atomic mass is 9.96. The van der Waals surface area contributed by atoms with Gasteiger partial charge in [-0.2, -0.15) is 0 Å². The molecular weight excluding hydrogens is 496 g/mol. The van der Waals surface area contributed by atoms with Gasteiger partial charge in [-0.05, 0) is 54.1 Å². The van der Waals surface area contributed by atoms with Crippen molar-refractivity contribution in [3.05, 3.63) is 105 Å². The van der Waals surface area contributed by atoms with Crippen LogP contribution in [0.25, 0.3) is 11.0 Å². The molecule has 0 radical (unpaired) electrons. The third kappa shape index (κ3) is 3.39. The molecule has 3 heterocycles. The molecule has 1 atom stereocenters. The molecule has 5 rings (SSSR count). The summed E-state index contributed by atoms with van der Waals surface area (Å²) >= 11 is 9.54. The summed E-state index contributed by atoms with van der Waals surface area (Å²) in [6, 6.07) is 16.1. The summed E-state index contributed by atoms with van der Waals surface area (Å²) in [6.07, 6.45) is 3.14. The first-order valence-corrected chi connectivity index (χ1v) is 10.8. The summed E-state index contributed by atoms with van der Waals surface area (Å²) in [5.74, 6) is -1.90. The van der Waals surface area contributed by atoms with Gasteiger partial charge in [0.1, 0.15) is 5.58 Å². The number of fused-ring (bicyclic) bond motifs is 1. The van der Waals surface area contributed by atoms with E-state index in [1.54, 1.807) is 67.0 Å². The van der Waals surface area contributed by atoms with Gasteiger partial charge in [-0.15, -0.1) is 0 Å². The zero-order valence-corrected chi connectivity index (χ0v) is 18.7. The number of aromatic nitrogens is 1. The van der Waals surface area contributed by atoms with Crippen LogP contribution < -0.4 is 4.90 Å². The molecule has 1 unspecified atom stereocenters. The summed E-state index contributed by atoms with van der Waals surface area (Å²) in [5, 5.41) is 11.9. The molecule has 8 heteroatoms. The second-order valence-electron chi connectivity index (χ2n) is 7.23. The summed E-state index contributed by atoms with van der Waals surface area (Å²) in [5.41, 5.74) is 1.44. The molecule has 1 aliphatic rings. The fraction of sp³-hybridized carbons (Fsp3) is 0.0417. The van der Waals surface area contributed by atoms with Crippen LogP contribution >= 0.6 is 27.5 Å². The summed E-state index contributed by atoms with van der Waals surface area (Å²) < 4.78 is 6.58. The van der Waals surface area contributed by atoms with Crippen molar-refractivity contribution in [3.8, 4) is 0 Å². The van der Waals surface area contributed by atoms with Crippen LogP contribution in [0.2, 0.25) is 5.02 Å². The average Bonchev–Trinajstić information content (AvgIpc) is 3.32. The van der Waals surface area contributed by atoms with E-state index in [0.717, 1.165) is 9.86 Å². The quantitative estimate of drug-likeness (QED) is 0.340. The number of Topliss-reactive ketones (excluding diaryl/α,β-unsaturated/α-hetero) is 1. The molecule has 0 bridgehead atoms. The molecule has 0 saturated carbocycles. The first-order valence-electron chi connectivity index (χ1n) is 9.60. The van der Waals surface area contributed by atoms with Crippen LogP contribution in [0.15, 0.2) is 93.3 Å². The molecular formula is C24H14BrClN2O4. The second-order valence-corrected chi connectivity index (χ2v) is 8.58. The molecule has 0 spiro atoms. The van der Waals surface area contributed by atoms with Crippen LogP contribution in [-0.2, 0) is 4.79 Å². The highest BCUT2D eigenvalue weighted by Crippen LogP contribution is 2.42. The van der Waals surface area contributed by atoms with Gasteiger partial charge in [0.15, 0.2) is 11.5 Å². The maximum absolute atomic E-state index is 13.5. The van der Waals surface area contributed by atoms with Crippen molar-refractivity contribution in [2.75, 3.05) is 4.90 Å². The number of benzene rings is 2. The first-order chi connectivity index (χ1) is 15.4. The Morgan fingerprint density at radius 2 is 1.97 bits per heavy atom. The molecule has 0 fully saturated rings. The SMILES string of the molecule is O=C(C1=C(O)C(=O)N(c2cccc(Cl)c2)C1c1cccnc1)c1cc2cc(Br)ccc2o1. The van der Waals surface area contributed by atoms with Crippen molar-refractivity contribution in [2.45, 2.75) is 6.04 Å². The zero-order chi connectivity index (χ0) is 22.4. The van der Waals surface area contributed by atoms with E-state index in [0.29, 0.717) is 21.9 Å². The Morgan fingerprint density at radius 1 is 1.12 bits per heavy atom. The van der Waals surface area contributed by atoms with Gasteiger partial charge in [-0.25, -0.2) is 0 Å². The fourth-order valence-electron chi connectivity index (χ4n) is 3.84. The number of aliphatic hydroxyl groups excluding tert-OH is 1. The largest absolute Gasteiger partial charge is 0.503 e. The number of halogens is 2. The fourth-order valence-corrected chi connectivity index (χ4v) is 4.40. The van der Waals surface area contributed by atoms with Crippen LogP contribution in [0.3, 0.4) is 0 Å². The van der Waals surface area contributed by atoms with Crippen LogP contribution in [0, 0.1) is 0 Å². The lowest BCUT2D eigenvalue weighted by Gasteiger charge is -2.26. The van der Waals surface area contributed by atoms with Gasteiger partial charge < -0.3 is 9.52 Å². The van der Waals surface area contributed by atoms with E-state index in [-0.39, 0.29) is 11.3 Å². The summed E-state index contributed by atoms with van der Waals surface area (Å²) in [7, 11) is 0. The third-order valence-electron chi connectivity index (χ3n) is 5.24. The second kappa shape index (κ2) is 7.93. The lowest BCUT2D eigenvalue weighted by molar-refractivity contribution is -0.117. The smallest absolute Gasteiger partial charge is 0.294 e. The van der Waals surface area contributed by atoms with E-state index < -0.39 is 23.5 Å². The number of carbonyl (C=O) groups excluding carboxylic acids is 2. The maximum atomic E-state index is 13.5. The lowest BCUT2D eigenvalue weighted by Crippen LogP contribution is -2.31. The van der Waals surface area contributed by atoms with E-state index in [2.05, 4.69) is 20.9 Å². The van der Waals surface area contributed by atoms with Gasteiger partial charge in [0, 0.05) is 33.0 Å². The van der Waals surface area contributed by atoms with Crippen molar-refractivity contribution in [1.29, 1.82) is 0 Å². The van der Waals surface area contributed by atoms with Crippen molar-refractivity contribution in [1.82, 2.24) is 4.98 Å². The normalized spacial score (nSPS) is 16.2. The monoisotopic (exact) mass is 508 g/mol. The minimum absolute atomic E-state index is 0.0225. The minimum Gasteiger partial charge on any atom is -0.503 e. The Morgan fingerprint density at radius 3 is 2.72 bits per heavy atom. The first kappa shape index (κ1) is 20.5. The summed E-state index contributed by atoms with van der Waals surface area (Å²) in [4.78, 5) is 32.1. The number of anilines is 1. The predicted molar refractivity (Wildman–Crippen MR) is 124 cm³/mol. The Balaban J connectivity index is 1.66.